The Morgan fingerprint density at radius 3 is 2.34 bits per heavy atom. The van der Waals surface area contributed by atoms with Crippen LogP contribution in [0.1, 0.15) is 67.9 Å². The summed E-state index contributed by atoms with van der Waals surface area (Å²) >= 11 is 1.54. The van der Waals surface area contributed by atoms with Crippen LogP contribution in [-0.4, -0.2) is 22.6 Å². The number of rotatable bonds is 6. The number of aryl methyl sites for hydroxylation is 2. The average Bonchev–Trinajstić information content (AvgIpc) is 3.23. The first-order chi connectivity index (χ1) is 17.1. The summed E-state index contributed by atoms with van der Waals surface area (Å²) in [5, 5.41) is 8.01. The molecule has 0 saturated heterocycles. The van der Waals surface area contributed by atoms with E-state index in [0.29, 0.717) is 35.6 Å². The lowest BCUT2D eigenvalue weighted by atomic mass is 9.59. The van der Waals surface area contributed by atoms with Crippen molar-refractivity contribution in [1.82, 2.24) is 15.5 Å². The summed E-state index contributed by atoms with van der Waals surface area (Å²) in [6.07, 6.45) is 2.79. The molecule has 35 heavy (non-hydrogen) atoms. The number of pyridine rings is 1. The fourth-order valence-corrected chi connectivity index (χ4v) is 6.95. The molecular formula is C29H27N3O2S. The average molecular weight is 482 g/mol. The highest BCUT2D eigenvalue weighted by atomic mass is 32.2. The van der Waals surface area contributed by atoms with Gasteiger partial charge in [-0.25, -0.2) is 4.98 Å². The van der Waals surface area contributed by atoms with Crippen molar-refractivity contribution in [2.45, 2.75) is 42.9 Å². The molecule has 4 aromatic rings. The Labute approximate surface area is 209 Å². The van der Waals surface area contributed by atoms with Crippen LogP contribution in [0.15, 0.2) is 76.4 Å². The van der Waals surface area contributed by atoms with Gasteiger partial charge < -0.3 is 9.84 Å². The smallest absolute Gasteiger partial charge is 0.254 e. The van der Waals surface area contributed by atoms with Crippen LogP contribution in [-0.2, 0) is 5.75 Å². The summed E-state index contributed by atoms with van der Waals surface area (Å²) < 4.78 is 5.28. The highest BCUT2D eigenvalue weighted by Crippen LogP contribution is 2.55. The van der Waals surface area contributed by atoms with E-state index in [2.05, 4.69) is 64.0 Å². The Balaban J connectivity index is 1.20. The van der Waals surface area contributed by atoms with E-state index in [-0.39, 0.29) is 5.91 Å². The number of thioether (sulfide) groups is 1. The maximum atomic E-state index is 13.3. The van der Waals surface area contributed by atoms with Crippen molar-refractivity contribution in [2.75, 3.05) is 6.54 Å². The summed E-state index contributed by atoms with van der Waals surface area (Å²) in [6.45, 7) is 4.49. The number of benzene rings is 2. The Bertz CT molecular complexity index is 1350. The molecule has 0 fully saturated rings. The van der Waals surface area contributed by atoms with Crippen LogP contribution in [0.2, 0.25) is 0 Å². The SMILES string of the molecule is Cc1noc(C)c1CSc1ncccc1C(=O)NCC1CC2c3ccccc3C1c1ccccc12. The van der Waals surface area contributed by atoms with E-state index in [9.17, 15) is 4.79 Å². The quantitative estimate of drug-likeness (QED) is 0.342. The van der Waals surface area contributed by atoms with E-state index in [1.165, 1.54) is 22.3 Å². The minimum atomic E-state index is -0.0672. The predicted octanol–water partition coefficient (Wildman–Crippen LogP) is 6.01. The molecular weight excluding hydrogens is 454 g/mol. The van der Waals surface area contributed by atoms with E-state index in [1.54, 1.807) is 18.0 Å². The second-order valence-corrected chi connectivity index (χ2v) is 10.4. The summed E-state index contributed by atoms with van der Waals surface area (Å²) in [5.41, 5.74) is 8.28. The Morgan fingerprint density at radius 2 is 1.69 bits per heavy atom. The van der Waals surface area contributed by atoms with Crippen LogP contribution in [0.4, 0.5) is 0 Å². The molecule has 2 aromatic carbocycles. The third-order valence-electron chi connectivity index (χ3n) is 7.50. The molecule has 0 radical (unpaired) electrons. The highest BCUT2D eigenvalue weighted by molar-refractivity contribution is 7.98. The molecule has 1 N–H and O–H groups in total. The van der Waals surface area contributed by atoms with E-state index < -0.39 is 0 Å². The molecule has 3 aliphatic rings. The van der Waals surface area contributed by atoms with Crippen molar-refractivity contribution in [2.24, 2.45) is 5.92 Å². The number of carbonyl (C=O) groups is 1. The second kappa shape index (κ2) is 9.00. The Morgan fingerprint density at radius 1 is 1.00 bits per heavy atom. The fraction of sp³-hybridized carbons (Fsp3) is 0.276. The van der Waals surface area contributed by atoms with Gasteiger partial charge in [-0.1, -0.05) is 53.7 Å². The monoisotopic (exact) mass is 481 g/mol. The highest BCUT2D eigenvalue weighted by Gasteiger charge is 2.42. The number of amides is 1. The van der Waals surface area contributed by atoms with Gasteiger partial charge in [-0.3, -0.25) is 4.79 Å². The van der Waals surface area contributed by atoms with Crippen LogP contribution < -0.4 is 5.32 Å². The molecule has 1 unspecified atom stereocenters. The van der Waals surface area contributed by atoms with Crippen molar-refractivity contribution in [3.8, 4) is 0 Å². The van der Waals surface area contributed by atoms with Crippen LogP contribution in [0.5, 0.6) is 0 Å². The summed E-state index contributed by atoms with van der Waals surface area (Å²) in [6, 6.07) is 21.3. The molecule has 2 aromatic heterocycles. The molecule has 0 spiro atoms. The number of fused-ring (bicyclic) bond motifs is 1. The number of hydrogen-bond donors (Lipinski definition) is 1. The zero-order chi connectivity index (χ0) is 23.9. The lowest BCUT2D eigenvalue weighted by Crippen LogP contribution is -2.39. The van der Waals surface area contributed by atoms with Gasteiger partial charge in [0.05, 0.1) is 11.3 Å². The molecule has 3 aliphatic carbocycles. The second-order valence-electron chi connectivity index (χ2n) is 9.44. The van der Waals surface area contributed by atoms with Gasteiger partial charge in [-0.2, -0.15) is 0 Å². The van der Waals surface area contributed by atoms with Gasteiger partial charge in [0.1, 0.15) is 10.8 Å². The van der Waals surface area contributed by atoms with Gasteiger partial charge in [-0.05, 0) is 60.6 Å². The van der Waals surface area contributed by atoms with Gasteiger partial charge in [-0.15, -0.1) is 11.8 Å². The van der Waals surface area contributed by atoms with Gasteiger partial charge >= 0.3 is 0 Å². The third-order valence-corrected chi connectivity index (χ3v) is 8.53. The molecule has 5 nitrogen and oxygen atoms in total. The zero-order valence-electron chi connectivity index (χ0n) is 19.8. The maximum Gasteiger partial charge on any atom is 0.254 e. The maximum absolute atomic E-state index is 13.3. The van der Waals surface area contributed by atoms with Crippen LogP contribution in [0.3, 0.4) is 0 Å². The number of hydrogen-bond acceptors (Lipinski definition) is 5. The third kappa shape index (κ3) is 3.86. The van der Waals surface area contributed by atoms with Crippen molar-refractivity contribution in [1.29, 1.82) is 0 Å². The number of aromatic nitrogens is 2. The zero-order valence-corrected chi connectivity index (χ0v) is 20.6. The van der Waals surface area contributed by atoms with Gasteiger partial charge in [0.25, 0.3) is 5.91 Å². The van der Waals surface area contributed by atoms with E-state index in [4.69, 9.17) is 4.52 Å². The van der Waals surface area contributed by atoms with Crippen LogP contribution in [0.25, 0.3) is 0 Å². The van der Waals surface area contributed by atoms with Crippen LogP contribution >= 0.6 is 11.8 Å². The molecule has 176 valence electrons. The molecule has 6 heteroatoms. The molecule has 0 aliphatic heterocycles. The molecule has 0 saturated carbocycles. The van der Waals surface area contributed by atoms with Crippen molar-refractivity contribution < 1.29 is 9.32 Å². The van der Waals surface area contributed by atoms with Crippen molar-refractivity contribution in [3.05, 3.63) is 112 Å². The first-order valence-electron chi connectivity index (χ1n) is 12.1. The fourth-order valence-electron chi connectivity index (χ4n) is 5.81. The lowest BCUT2D eigenvalue weighted by Gasteiger charge is -2.45. The van der Waals surface area contributed by atoms with E-state index in [0.717, 1.165) is 28.5 Å². The lowest BCUT2D eigenvalue weighted by molar-refractivity contribution is 0.0939. The molecule has 2 bridgehead atoms. The minimum Gasteiger partial charge on any atom is -0.361 e. The molecule has 2 heterocycles. The number of carbonyl (C=O) groups excluding carboxylic acids is 1. The van der Waals surface area contributed by atoms with Gasteiger partial charge in [0, 0.05) is 35.9 Å². The number of nitrogens with zero attached hydrogens (tertiary/aromatic N) is 2. The Hall–Kier alpha value is -3.38. The van der Waals surface area contributed by atoms with Gasteiger partial charge in [0.2, 0.25) is 0 Å². The normalized spacial score (nSPS) is 19.8. The summed E-state index contributed by atoms with van der Waals surface area (Å²) in [7, 11) is 0. The summed E-state index contributed by atoms with van der Waals surface area (Å²) in [4.78, 5) is 17.8. The first-order valence-corrected chi connectivity index (χ1v) is 13.1. The van der Waals surface area contributed by atoms with Crippen LogP contribution in [0, 0.1) is 19.8 Å². The number of nitrogens with one attached hydrogen (secondary N) is 1. The largest absolute Gasteiger partial charge is 0.361 e. The minimum absolute atomic E-state index is 0.0672. The predicted molar refractivity (Wildman–Crippen MR) is 137 cm³/mol. The van der Waals surface area contributed by atoms with Crippen molar-refractivity contribution >= 4 is 17.7 Å². The molecule has 1 amide bonds. The van der Waals surface area contributed by atoms with Gasteiger partial charge in [0.15, 0.2) is 0 Å². The van der Waals surface area contributed by atoms with E-state index in [1.807, 2.05) is 26.0 Å². The standard InChI is InChI=1S/C29H27N3O2S/c1-17-26(18(2)34-32-17)16-35-29-24(12-7-13-30-29)28(33)31-15-19-14-25-20-8-3-5-10-22(20)27(19)23-11-6-4-9-21(23)25/h3-13,19,25,27H,14-16H2,1-2H3,(H,31,33). The Kier molecular flexibility index (Phi) is 5.69. The topological polar surface area (TPSA) is 68.0 Å². The van der Waals surface area contributed by atoms with E-state index >= 15 is 0 Å². The summed E-state index contributed by atoms with van der Waals surface area (Å²) in [5.74, 6) is 2.48. The first kappa shape index (κ1) is 22.1. The van der Waals surface area contributed by atoms with Crippen molar-refractivity contribution in [3.63, 3.8) is 0 Å². The molecule has 7 rings (SSSR count). The molecule has 1 atom stereocenters.